The summed E-state index contributed by atoms with van der Waals surface area (Å²) in [6.07, 6.45) is 0. The number of ether oxygens (including phenoxy) is 1. The monoisotopic (exact) mass is 313 g/mol. The summed E-state index contributed by atoms with van der Waals surface area (Å²) in [5.74, 6) is 0.385. The number of carbonyl (C=O) groups is 1. The van der Waals surface area contributed by atoms with Crippen LogP contribution < -0.4 is 11.1 Å². The SMILES string of the molecule is COCCN(CC(=O)Nc1ccc(Cl)cc1N)CC(C)C. The Morgan fingerprint density at radius 2 is 2.19 bits per heavy atom. The second-order valence-corrected chi connectivity index (χ2v) is 5.84. The molecule has 0 saturated heterocycles. The zero-order valence-electron chi connectivity index (χ0n) is 12.9. The molecule has 0 atom stereocenters. The first-order valence-electron chi connectivity index (χ1n) is 6.98. The molecule has 0 unspecified atom stereocenters. The molecule has 0 saturated carbocycles. The van der Waals surface area contributed by atoms with Crippen molar-refractivity contribution in [1.82, 2.24) is 4.90 Å². The molecule has 3 N–H and O–H groups in total. The molecular weight excluding hydrogens is 290 g/mol. The van der Waals surface area contributed by atoms with Gasteiger partial charge < -0.3 is 15.8 Å². The van der Waals surface area contributed by atoms with Crippen molar-refractivity contribution in [2.75, 3.05) is 44.4 Å². The van der Waals surface area contributed by atoms with E-state index in [9.17, 15) is 4.79 Å². The van der Waals surface area contributed by atoms with E-state index in [0.29, 0.717) is 35.5 Å². The lowest BCUT2D eigenvalue weighted by atomic mass is 10.2. The van der Waals surface area contributed by atoms with Gasteiger partial charge in [-0.25, -0.2) is 0 Å². The molecule has 0 aromatic heterocycles. The van der Waals surface area contributed by atoms with Gasteiger partial charge in [-0.1, -0.05) is 25.4 Å². The van der Waals surface area contributed by atoms with Crippen LogP contribution >= 0.6 is 11.6 Å². The molecule has 1 amide bonds. The van der Waals surface area contributed by atoms with Crippen LogP contribution in [-0.2, 0) is 9.53 Å². The van der Waals surface area contributed by atoms with Crippen molar-refractivity contribution >= 4 is 28.9 Å². The first-order chi connectivity index (χ1) is 9.92. The summed E-state index contributed by atoms with van der Waals surface area (Å²) < 4.78 is 5.08. The second kappa shape index (κ2) is 8.87. The number of hydrogen-bond donors (Lipinski definition) is 2. The van der Waals surface area contributed by atoms with Crippen molar-refractivity contribution in [2.24, 2.45) is 5.92 Å². The Kier molecular flexibility index (Phi) is 7.50. The van der Waals surface area contributed by atoms with E-state index in [0.717, 1.165) is 13.1 Å². The van der Waals surface area contributed by atoms with Gasteiger partial charge in [0, 0.05) is 25.2 Å². The van der Waals surface area contributed by atoms with Crippen molar-refractivity contribution < 1.29 is 9.53 Å². The van der Waals surface area contributed by atoms with Crippen molar-refractivity contribution in [1.29, 1.82) is 0 Å². The molecule has 0 fully saturated rings. The highest BCUT2D eigenvalue weighted by atomic mass is 35.5. The molecule has 1 rings (SSSR count). The Bertz CT molecular complexity index is 466. The number of nitrogens with zero attached hydrogens (tertiary/aromatic N) is 1. The number of anilines is 2. The van der Waals surface area contributed by atoms with Gasteiger partial charge in [-0.2, -0.15) is 0 Å². The molecule has 0 spiro atoms. The Labute approximate surface area is 131 Å². The van der Waals surface area contributed by atoms with Gasteiger partial charge in [0.1, 0.15) is 0 Å². The summed E-state index contributed by atoms with van der Waals surface area (Å²) >= 11 is 5.84. The Balaban J connectivity index is 2.59. The second-order valence-electron chi connectivity index (χ2n) is 5.40. The fraction of sp³-hybridized carbons (Fsp3) is 0.533. The summed E-state index contributed by atoms with van der Waals surface area (Å²) in [4.78, 5) is 14.2. The average Bonchev–Trinajstić information content (AvgIpc) is 2.38. The van der Waals surface area contributed by atoms with Crippen molar-refractivity contribution in [3.8, 4) is 0 Å². The van der Waals surface area contributed by atoms with E-state index in [1.54, 1.807) is 25.3 Å². The minimum atomic E-state index is -0.0965. The van der Waals surface area contributed by atoms with Crippen LogP contribution in [0.3, 0.4) is 0 Å². The van der Waals surface area contributed by atoms with E-state index in [1.165, 1.54) is 0 Å². The number of benzene rings is 1. The largest absolute Gasteiger partial charge is 0.397 e. The van der Waals surface area contributed by atoms with Gasteiger partial charge in [0.25, 0.3) is 0 Å². The molecule has 118 valence electrons. The number of methoxy groups -OCH3 is 1. The Hall–Kier alpha value is -1.30. The van der Waals surface area contributed by atoms with Crippen LogP contribution in [-0.4, -0.2) is 44.2 Å². The zero-order valence-corrected chi connectivity index (χ0v) is 13.6. The quantitative estimate of drug-likeness (QED) is 0.723. The number of nitrogens with one attached hydrogen (secondary N) is 1. The topological polar surface area (TPSA) is 67.6 Å². The third kappa shape index (κ3) is 6.80. The van der Waals surface area contributed by atoms with Gasteiger partial charge in [-0.05, 0) is 24.1 Å². The molecule has 1 aromatic rings. The summed E-state index contributed by atoms with van der Waals surface area (Å²) in [5.41, 5.74) is 6.87. The van der Waals surface area contributed by atoms with Crippen molar-refractivity contribution in [3.05, 3.63) is 23.2 Å². The lowest BCUT2D eigenvalue weighted by molar-refractivity contribution is -0.117. The number of nitrogen functional groups attached to an aromatic ring is 1. The van der Waals surface area contributed by atoms with Gasteiger partial charge in [0.05, 0.1) is 24.5 Å². The predicted octanol–water partition coefficient (Wildman–Crippen LogP) is 2.47. The predicted molar refractivity (Wildman–Crippen MR) is 87.6 cm³/mol. The molecule has 1 aromatic carbocycles. The molecule has 6 heteroatoms. The van der Waals surface area contributed by atoms with Crippen LogP contribution in [0.4, 0.5) is 11.4 Å². The summed E-state index contributed by atoms with van der Waals surface area (Å²) in [7, 11) is 1.65. The standard InChI is InChI=1S/C15H24ClN3O2/c1-11(2)9-19(6-7-21-3)10-15(20)18-14-5-4-12(16)8-13(14)17/h4-5,8,11H,6-7,9-10,17H2,1-3H3,(H,18,20). The van der Waals surface area contributed by atoms with E-state index in [2.05, 4.69) is 24.1 Å². The Morgan fingerprint density at radius 3 is 2.76 bits per heavy atom. The normalized spacial score (nSPS) is 11.1. The smallest absolute Gasteiger partial charge is 0.238 e. The maximum Gasteiger partial charge on any atom is 0.238 e. The minimum Gasteiger partial charge on any atom is -0.397 e. The van der Waals surface area contributed by atoms with Crippen molar-refractivity contribution in [2.45, 2.75) is 13.8 Å². The molecular formula is C15H24ClN3O2. The molecule has 0 radical (unpaired) electrons. The summed E-state index contributed by atoms with van der Waals surface area (Å²) in [6, 6.07) is 5.02. The molecule has 0 aliphatic carbocycles. The third-order valence-electron chi connectivity index (χ3n) is 2.89. The van der Waals surface area contributed by atoms with Crippen LogP contribution in [0.2, 0.25) is 5.02 Å². The molecule has 0 heterocycles. The summed E-state index contributed by atoms with van der Waals surface area (Å²) in [5, 5.41) is 3.36. The minimum absolute atomic E-state index is 0.0965. The Morgan fingerprint density at radius 1 is 1.48 bits per heavy atom. The fourth-order valence-electron chi connectivity index (χ4n) is 2.01. The number of hydrogen-bond acceptors (Lipinski definition) is 4. The molecule has 0 aliphatic heterocycles. The fourth-order valence-corrected chi connectivity index (χ4v) is 2.19. The number of halogens is 1. The zero-order chi connectivity index (χ0) is 15.8. The molecule has 5 nitrogen and oxygen atoms in total. The number of amides is 1. The van der Waals surface area contributed by atoms with Gasteiger partial charge >= 0.3 is 0 Å². The van der Waals surface area contributed by atoms with Gasteiger partial charge in [0.15, 0.2) is 0 Å². The van der Waals surface area contributed by atoms with E-state index in [1.807, 2.05) is 0 Å². The highest BCUT2D eigenvalue weighted by Gasteiger charge is 2.13. The summed E-state index contributed by atoms with van der Waals surface area (Å²) in [6.45, 7) is 6.71. The van der Waals surface area contributed by atoms with Crippen LogP contribution in [0.1, 0.15) is 13.8 Å². The van der Waals surface area contributed by atoms with E-state index in [4.69, 9.17) is 22.1 Å². The lowest BCUT2D eigenvalue weighted by Gasteiger charge is -2.23. The van der Waals surface area contributed by atoms with Gasteiger partial charge in [0.2, 0.25) is 5.91 Å². The number of carbonyl (C=O) groups excluding carboxylic acids is 1. The molecule has 0 bridgehead atoms. The van der Waals surface area contributed by atoms with Crippen LogP contribution in [0.5, 0.6) is 0 Å². The first-order valence-corrected chi connectivity index (χ1v) is 7.36. The average molecular weight is 314 g/mol. The maximum absolute atomic E-state index is 12.1. The number of rotatable bonds is 8. The molecule has 0 aliphatic rings. The highest BCUT2D eigenvalue weighted by Crippen LogP contribution is 2.22. The van der Waals surface area contributed by atoms with E-state index in [-0.39, 0.29) is 5.91 Å². The lowest BCUT2D eigenvalue weighted by Crippen LogP contribution is -2.37. The number of nitrogens with two attached hydrogens (primary N) is 1. The van der Waals surface area contributed by atoms with Crippen LogP contribution in [0.15, 0.2) is 18.2 Å². The van der Waals surface area contributed by atoms with Gasteiger partial charge in [-0.3, -0.25) is 9.69 Å². The van der Waals surface area contributed by atoms with Gasteiger partial charge in [-0.15, -0.1) is 0 Å². The van der Waals surface area contributed by atoms with E-state index >= 15 is 0 Å². The highest BCUT2D eigenvalue weighted by molar-refractivity contribution is 6.31. The van der Waals surface area contributed by atoms with E-state index < -0.39 is 0 Å². The first kappa shape index (κ1) is 17.8. The maximum atomic E-state index is 12.1. The van der Waals surface area contributed by atoms with Crippen LogP contribution in [0.25, 0.3) is 0 Å². The van der Waals surface area contributed by atoms with Crippen molar-refractivity contribution in [3.63, 3.8) is 0 Å². The van der Waals surface area contributed by atoms with Crippen LogP contribution in [0, 0.1) is 5.92 Å². The third-order valence-corrected chi connectivity index (χ3v) is 3.12. The molecule has 21 heavy (non-hydrogen) atoms.